The van der Waals surface area contributed by atoms with Gasteiger partial charge in [-0.05, 0) is 24.8 Å². The Hall–Kier alpha value is -1.61. The monoisotopic (exact) mass is 287 g/mol. The van der Waals surface area contributed by atoms with Gasteiger partial charge in [0.15, 0.2) is 0 Å². The second kappa shape index (κ2) is 7.99. The highest BCUT2D eigenvalue weighted by Gasteiger charge is 2.29. The molecule has 2 N–H and O–H groups in total. The van der Waals surface area contributed by atoms with Gasteiger partial charge in [0.05, 0.1) is 5.60 Å². The highest BCUT2D eigenvalue weighted by molar-refractivity contribution is 5.76. The first kappa shape index (κ1) is 15.8. The Bertz CT molecular complexity index is 461. The Balaban J connectivity index is 1.64. The molecule has 3 nitrogen and oxygen atoms in total. The minimum atomic E-state index is -0.673. The molecule has 1 amide bonds. The van der Waals surface area contributed by atoms with E-state index in [4.69, 9.17) is 0 Å². The van der Waals surface area contributed by atoms with E-state index in [1.54, 1.807) is 0 Å². The maximum Gasteiger partial charge on any atom is 0.220 e. The van der Waals surface area contributed by atoms with Crippen molar-refractivity contribution in [3.8, 4) is 0 Å². The van der Waals surface area contributed by atoms with Crippen molar-refractivity contribution in [3.63, 3.8) is 0 Å². The highest BCUT2D eigenvalue weighted by atomic mass is 16.3. The molecule has 3 heteroatoms. The summed E-state index contributed by atoms with van der Waals surface area (Å²) < 4.78 is 0. The van der Waals surface area contributed by atoms with Crippen LogP contribution in [0.4, 0.5) is 0 Å². The van der Waals surface area contributed by atoms with E-state index >= 15 is 0 Å². The summed E-state index contributed by atoms with van der Waals surface area (Å²) in [6.45, 7) is 0.397. The fourth-order valence-electron chi connectivity index (χ4n) is 2.74. The standard InChI is InChI=1S/C18H25NO2/c20-17(19-15-18(21)13-7-2-8-14-18)12-6-5-11-16-9-3-1-4-10-16/h1,3-5,9-11,21H,2,6-8,12-15H2,(H,19,20). The molecule has 0 radical (unpaired) electrons. The number of nitrogens with one attached hydrogen (secondary N) is 1. The van der Waals surface area contributed by atoms with Gasteiger partial charge in [-0.25, -0.2) is 0 Å². The van der Waals surface area contributed by atoms with Crippen molar-refractivity contribution in [1.82, 2.24) is 5.32 Å². The van der Waals surface area contributed by atoms with Gasteiger partial charge >= 0.3 is 0 Å². The number of benzene rings is 1. The third kappa shape index (κ3) is 5.72. The molecule has 1 fully saturated rings. The Labute approximate surface area is 127 Å². The summed E-state index contributed by atoms with van der Waals surface area (Å²) in [5.41, 5.74) is 0.475. The van der Waals surface area contributed by atoms with Crippen LogP contribution in [0.3, 0.4) is 0 Å². The van der Waals surface area contributed by atoms with Crippen LogP contribution in [0.25, 0.3) is 6.08 Å². The second-order valence-electron chi connectivity index (χ2n) is 5.91. The van der Waals surface area contributed by atoms with Crippen LogP contribution in [0.2, 0.25) is 0 Å². The molecule has 0 unspecified atom stereocenters. The molecule has 1 aromatic rings. The van der Waals surface area contributed by atoms with Gasteiger partial charge in [-0.15, -0.1) is 0 Å². The largest absolute Gasteiger partial charge is 0.388 e. The SMILES string of the molecule is O=C(CCC=Cc1ccccc1)NCC1(O)CCCCC1. The third-order valence-corrected chi connectivity index (χ3v) is 4.05. The summed E-state index contributed by atoms with van der Waals surface area (Å²) >= 11 is 0. The lowest BCUT2D eigenvalue weighted by Crippen LogP contribution is -2.44. The van der Waals surface area contributed by atoms with Crippen molar-refractivity contribution < 1.29 is 9.90 Å². The molecule has 21 heavy (non-hydrogen) atoms. The lowest BCUT2D eigenvalue weighted by atomic mass is 9.85. The van der Waals surface area contributed by atoms with Crippen LogP contribution in [-0.2, 0) is 4.79 Å². The molecule has 1 aromatic carbocycles. The maximum absolute atomic E-state index is 11.8. The van der Waals surface area contributed by atoms with Crippen molar-refractivity contribution in [2.75, 3.05) is 6.54 Å². The summed E-state index contributed by atoms with van der Waals surface area (Å²) in [5, 5.41) is 13.2. The lowest BCUT2D eigenvalue weighted by molar-refractivity contribution is -0.122. The van der Waals surface area contributed by atoms with Crippen molar-refractivity contribution in [1.29, 1.82) is 0 Å². The Morgan fingerprint density at radius 2 is 1.90 bits per heavy atom. The van der Waals surface area contributed by atoms with Gasteiger partial charge in [-0.3, -0.25) is 4.79 Å². The summed E-state index contributed by atoms with van der Waals surface area (Å²) in [5.74, 6) is 0.0201. The maximum atomic E-state index is 11.8. The topological polar surface area (TPSA) is 49.3 Å². The van der Waals surface area contributed by atoms with Gasteiger partial charge in [0.25, 0.3) is 0 Å². The molecule has 0 heterocycles. The summed E-state index contributed by atoms with van der Waals surface area (Å²) in [7, 11) is 0. The van der Waals surface area contributed by atoms with Crippen LogP contribution in [0.15, 0.2) is 36.4 Å². The number of allylic oxidation sites excluding steroid dienone is 1. The van der Waals surface area contributed by atoms with E-state index in [-0.39, 0.29) is 5.91 Å². The first-order valence-corrected chi connectivity index (χ1v) is 7.89. The molecule has 1 saturated carbocycles. The van der Waals surface area contributed by atoms with Crippen molar-refractivity contribution in [2.45, 2.75) is 50.5 Å². The molecular weight excluding hydrogens is 262 g/mol. The molecule has 1 aliphatic carbocycles. The van der Waals surface area contributed by atoms with Crippen LogP contribution in [0.1, 0.15) is 50.5 Å². The van der Waals surface area contributed by atoms with Crippen LogP contribution >= 0.6 is 0 Å². The quantitative estimate of drug-likeness (QED) is 0.843. The van der Waals surface area contributed by atoms with Crippen molar-refractivity contribution in [2.24, 2.45) is 0 Å². The average molecular weight is 287 g/mol. The van der Waals surface area contributed by atoms with E-state index in [9.17, 15) is 9.90 Å². The van der Waals surface area contributed by atoms with Crippen LogP contribution in [0, 0.1) is 0 Å². The summed E-state index contributed by atoms with van der Waals surface area (Å²) in [6.07, 6.45) is 10.2. The predicted octanol–water partition coefficient (Wildman–Crippen LogP) is 3.29. The van der Waals surface area contributed by atoms with Crippen LogP contribution in [-0.4, -0.2) is 23.2 Å². The smallest absolute Gasteiger partial charge is 0.220 e. The molecule has 0 saturated heterocycles. The third-order valence-electron chi connectivity index (χ3n) is 4.05. The number of carbonyl (C=O) groups is 1. The van der Waals surface area contributed by atoms with Crippen LogP contribution < -0.4 is 5.32 Å². The van der Waals surface area contributed by atoms with E-state index in [2.05, 4.69) is 5.32 Å². The minimum absolute atomic E-state index is 0.0201. The van der Waals surface area contributed by atoms with E-state index in [1.165, 1.54) is 6.42 Å². The lowest BCUT2D eigenvalue weighted by Gasteiger charge is -2.32. The zero-order valence-electron chi connectivity index (χ0n) is 12.6. The van der Waals surface area contributed by atoms with Gasteiger partial charge in [0.2, 0.25) is 5.91 Å². The normalized spacial score (nSPS) is 17.8. The molecule has 1 aliphatic rings. The molecule has 0 aliphatic heterocycles. The number of aliphatic hydroxyl groups is 1. The second-order valence-corrected chi connectivity index (χ2v) is 5.91. The Morgan fingerprint density at radius 1 is 1.19 bits per heavy atom. The molecule has 0 spiro atoms. The molecule has 0 bridgehead atoms. The first-order valence-electron chi connectivity index (χ1n) is 7.89. The number of hydrogen-bond donors (Lipinski definition) is 2. The van der Waals surface area contributed by atoms with E-state index < -0.39 is 5.60 Å². The van der Waals surface area contributed by atoms with Gasteiger partial charge in [-0.2, -0.15) is 0 Å². The molecular formula is C18H25NO2. The van der Waals surface area contributed by atoms with Gasteiger partial charge in [0.1, 0.15) is 0 Å². The molecule has 114 valence electrons. The molecule has 2 rings (SSSR count). The number of carbonyl (C=O) groups excluding carboxylic acids is 1. The zero-order valence-corrected chi connectivity index (χ0v) is 12.6. The fourth-order valence-corrected chi connectivity index (χ4v) is 2.74. The highest BCUT2D eigenvalue weighted by Crippen LogP contribution is 2.27. The molecule has 0 atom stereocenters. The van der Waals surface area contributed by atoms with E-state index in [0.717, 1.165) is 37.7 Å². The van der Waals surface area contributed by atoms with Crippen molar-refractivity contribution >= 4 is 12.0 Å². The van der Waals surface area contributed by atoms with E-state index in [0.29, 0.717) is 13.0 Å². The zero-order chi connectivity index (χ0) is 15.0. The fraction of sp³-hybridized carbons (Fsp3) is 0.500. The average Bonchev–Trinajstić information content (AvgIpc) is 2.51. The predicted molar refractivity (Wildman–Crippen MR) is 85.8 cm³/mol. The number of amides is 1. The summed E-state index contributed by atoms with van der Waals surface area (Å²) in [6, 6.07) is 10.1. The van der Waals surface area contributed by atoms with Crippen LogP contribution in [0.5, 0.6) is 0 Å². The summed E-state index contributed by atoms with van der Waals surface area (Å²) in [4.78, 5) is 11.8. The Kier molecular flexibility index (Phi) is 6.00. The number of hydrogen-bond acceptors (Lipinski definition) is 2. The number of rotatable bonds is 6. The minimum Gasteiger partial charge on any atom is -0.388 e. The van der Waals surface area contributed by atoms with Crippen molar-refractivity contribution in [3.05, 3.63) is 42.0 Å². The van der Waals surface area contributed by atoms with E-state index in [1.807, 2.05) is 42.5 Å². The Morgan fingerprint density at radius 3 is 2.62 bits per heavy atom. The van der Waals surface area contributed by atoms with Gasteiger partial charge < -0.3 is 10.4 Å². The van der Waals surface area contributed by atoms with Gasteiger partial charge in [0, 0.05) is 13.0 Å². The molecule has 0 aromatic heterocycles. The first-order chi connectivity index (χ1) is 10.2. The van der Waals surface area contributed by atoms with Gasteiger partial charge in [-0.1, -0.05) is 61.7 Å².